The minimum Gasteiger partial charge on any atom is -0.354 e. The monoisotopic (exact) mass is 256 g/mol. The van der Waals surface area contributed by atoms with Gasteiger partial charge in [0.25, 0.3) is 0 Å². The summed E-state index contributed by atoms with van der Waals surface area (Å²) in [5.74, 6) is 1.47. The van der Waals surface area contributed by atoms with Crippen LogP contribution in [0.5, 0.6) is 0 Å². The first-order chi connectivity index (χ1) is 9.31. The first-order valence-electron chi connectivity index (χ1n) is 6.74. The molecule has 2 rings (SSSR count). The van der Waals surface area contributed by atoms with E-state index in [1.54, 1.807) is 6.20 Å². The quantitative estimate of drug-likeness (QED) is 0.829. The van der Waals surface area contributed by atoms with Crippen molar-refractivity contribution < 1.29 is 0 Å². The maximum Gasteiger partial charge on any atom is 0.224 e. The molecule has 0 aliphatic carbocycles. The molecule has 19 heavy (non-hydrogen) atoms. The van der Waals surface area contributed by atoms with Crippen molar-refractivity contribution in [1.29, 1.82) is 0 Å². The van der Waals surface area contributed by atoms with Gasteiger partial charge in [0.05, 0.1) is 0 Å². The van der Waals surface area contributed by atoms with Gasteiger partial charge in [-0.3, -0.25) is 0 Å². The fraction of sp³-hybridized carbons (Fsp3) is 0.333. The van der Waals surface area contributed by atoms with Crippen molar-refractivity contribution in [2.24, 2.45) is 0 Å². The SMILES string of the molecule is CCCNc1nccc(Nc2ccc(CC)cc2)n1. The molecule has 0 saturated heterocycles. The molecule has 0 atom stereocenters. The predicted molar refractivity (Wildman–Crippen MR) is 79.9 cm³/mol. The summed E-state index contributed by atoms with van der Waals surface area (Å²) in [5, 5.41) is 6.46. The summed E-state index contributed by atoms with van der Waals surface area (Å²) < 4.78 is 0. The van der Waals surface area contributed by atoms with E-state index in [0.29, 0.717) is 5.95 Å². The van der Waals surface area contributed by atoms with Crippen molar-refractivity contribution in [1.82, 2.24) is 9.97 Å². The molecule has 4 nitrogen and oxygen atoms in total. The number of hydrogen-bond acceptors (Lipinski definition) is 4. The van der Waals surface area contributed by atoms with Crippen molar-refractivity contribution in [3.63, 3.8) is 0 Å². The number of rotatable bonds is 6. The lowest BCUT2D eigenvalue weighted by Gasteiger charge is -2.08. The molecular formula is C15H20N4. The molecule has 1 heterocycles. The summed E-state index contributed by atoms with van der Waals surface area (Å²) >= 11 is 0. The minimum atomic E-state index is 0.664. The van der Waals surface area contributed by atoms with Crippen molar-refractivity contribution in [2.45, 2.75) is 26.7 Å². The number of aryl methyl sites for hydroxylation is 1. The topological polar surface area (TPSA) is 49.8 Å². The number of anilines is 3. The van der Waals surface area contributed by atoms with Gasteiger partial charge in [-0.2, -0.15) is 4.98 Å². The molecular weight excluding hydrogens is 236 g/mol. The Morgan fingerprint density at radius 1 is 1.05 bits per heavy atom. The molecule has 1 aromatic heterocycles. The lowest BCUT2D eigenvalue weighted by atomic mass is 10.1. The van der Waals surface area contributed by atoms with E-state index in [1.807, 2.05) is 6.07 Å². The summed E-state index contributed by atoms with van der Waals surface area (Å²) in [4.78, 5) is 8.60. The van der Waals surface area contributed by atoms with Gasteiger partial charge in [0.15, 0.2) is 0 Å². The van der Waals surface area contributed by atoms with E-state index < -0.39 is 0 Å². The normalized spacial score (nSPS) is 10.2. The van der Waals surface area contributed by atoms with Gasteiger partial charge in [0.1, 0.15) is 5.82 Å². The Balaban J connectivity index is 2.05. The van der Waals surface area contributed by atoms with E-state index in [9.17, 15) is 0 Å². The average Bonchev–Trinajstić information content (AvgIpc) is 2.46. The highest BCUT2D eigenvalue weighted by Gasteiger charge is 1.99. The fourth-order valence-electron chi connectivity index (χ4n) is 1.72. The third kappa shape index (κ3) is 3.95. The lowest BCUT2D eigenvalue weighted by molar-refractivity contribution is 0.953. The van der Waals surface area contributed by atoms with Gasteiger partial charge in [0.2, 0.25) is 5.95 Å². The number of nitrogens with one attached hydrogen (secondary N) is 2. The summed E-state index contributed by atoms with van der Waals surface area (Å²) in [7, 11) is 0. The summed E-state index contributed by atoms with van der Waals surface area (Å²) in [6, 6.07) is 10.3. The molecule has 2 N–H and O–H groups in total. The zero-order chi connectivity index (χ0) is 13.5. The molecule has 0 fully saturated rings. The van der Waals surface area contributed by atoms with Crippen LogP contribution >= 0.6 is 0 Å². The van der Waals surface area contributed by atoms with Gasteiger partial charge in [-0.1, -0.05) is 26.0 Å². The average molecular weight is 256 g/mol. The van der Waals surface area contributed by atoms with Gasteiger partial charge < -0.3 is 10.6 Å². The van der Waals surface area contributed by atoms with Crippen molar-refractivity contribution in [2.75, 3.05) is 17.2 Å². The van der Waals surface area contributed by atoms with Gasteiger partial charge in [-0.15, -0.1) is 0 Å². The molecule has 0 radical (unpaired) electrons. The smallest absolute Gasteiger partial charge is 0.224 e. The first-order valence-corrected chi connectivity index (χ1v) is 6.74. The molecule has 0 saturated carbocycles. The van der Waals surface area contributed by atoms with Crippen molar-refractivity contribution in [3.05, 3.63) is 42.1 Å². The van der Waals surface area contributed by atoms with E-state index in [4.69, 9.17) is 0 Å². The third-order valence-corrected chi connectivity index (χ3v) is 2.82. The highest BCUT2D eigenvalue weighted by Crippen LogP contribution is 2.16. The highest BCUT2D eigenvalue weighted by molar-refractivity contribution is 5.57. The second kappa shape index (κ2) is 6.73. The minimum absolute atomic E-state index is 0.664. The molecule has 0 unspecified atom stereocenters. The van der Waals surface area contributed by atoms with E-state index in [2.05, 4.69) is 58.7 Å². The molecule has 4 heteroatoms. The number of benzene rings is 1. The van der Waals surface area contributed by atoms with Crippen LogP contribution in [0, 0.1) is 0 Å². The first kappa shape index (κ1) is 13.3. The summed E-state index contributed by atoms with van der Waals surface area (Å²) in [5.41, 5.74) is 2.37. The largest absolute Gasteiger partial charge is 0.354 e. The van der Waals surface area contributed by atoms with Crippen LogP contribution in [0.2, 0.25) is 0 Å². The van der Waals surface area contributed by atoms with E-state index in [-0.39, 0.29) is 0 Å². The molecule has 0 spiro atoms. The number of aromatic nitrogens is 2. The van der Waals surface area contributed by atoms with Crippen LogP contribution in [0.25, 0.3) is 0 Å². The molecule has 2 aromatic rings. The van der Waals surface area contributed by atoms with Crippen LogP contribution in [0.15, 0.2) is 36.5 Å². The molecule has 0 amide bonds. The molecule has 1 aromatic carbocycles. The third-order valence-electron chi connectivity index (χ3n) is 2.82. The maximum atomic E-state index is 4.41. The van der Waals surface area contributed by atoms with Crippen LogP contribution in [0.4, 0.5) is 17.5 Å². The Hall–Kier alpha value is -2.10. The molecule has 100 valence electrons. The number of hydrogen-bond donors (Lipinski definition) is 2. The Bertz CT molecular complexity index is 508. The second-order valence-corrected chi connectivity index (χ2v) is 4.37. The lowest BCUT2D eigenvalue weighted by Crippen LogP contribution is -2.05. The van der Waals surface area contributed by atoms with Gasteiger partial charge in [0, 0.05) is 18.4 Å². The van der Waals surface area contributed by atoms with Crippen molar-refractivity contribution >= 4 is 17.5 Å². The fourth-order valence-corrected chi connectivity index (χ4v) is 1.72. The van der Waals surface area contributed by atoms with Crippen LogP contribution < -0.4 is 10.6 Å². The van der Waals surface area contributed by atoms with Crippen LogP contribution in [-0.2, 0) is 6.42 Å². The molecule has 0 bridgehead atoms. The Morgan fingerprint density at radius 2 is 1.84 bits per heavy atom. The highest BCUT2D eigenvalue weighted by atomic mass is 15.1. The van der Waals surface area contributed by atoms with Gasteiger partial charge >= 0.3 is 0 Å². The van der Waals surface area contributed by atoms with Crippen LogP contribution in [-0.4, -0.2) is 16.5 Å². The van der Waals surface area contributed by atoms with Gasteiger partial charge in [-0.05, 0) is 36.6 Å². The maximum absolute atomic E-state index is 4.41. The predicted octanol–water partition coefficient (Wildman–Crippen LogP) is 3.60. The van der Waals surface area contributed by atoms with Crippen LogP contribution in [0.1, 0.15) is 25.8 Å². The molecule has 0 aliphatic heterocycles. The second-order valence-electron chi connectivity index (χ2n) is 4.37. The number of nitrogens with zero attached hydrogens (tertiary/aromatic N) is 2. The van der Waals surface area contributed by atoms with E-state index in [1.165, 1.54) is 5.56 Å². The van der Waals surface area contributed by atoms with Gasteiger partial charge in [-0.25, -0.2) is 4.98 Å². The standard InChI is InChI=1S/C15H20N4/c1-3-10-16-15-17-11-9-14(19-15)18-13-7-5-12(4-2)6-8-13/h5-9,11H,3-4,10H2,1-2H3,(H2,16,17,18,19). The van der Waals surface area contributed by atoms with E-state index >= 15 is 0 Å². The zero-order valence-corrected chi connectivity index (χ0v) is 11.5. The zero-order valence-electron chi connectivity index (χ0n) is 11.5. The Morgan fingerprint density at radius 3 is 2.53 bits per heavy atom. The Labute approximate surface area is 114 Å². The summed E-state index contributed by atoms with van der Waals surface area (Å²) in [6.07, 6.45) is 3.87. The molecule has 0 aliphatic rings. The van der Waals surface area contributed by atoms with Crippen molar-refractivity contribution in [3.8, 4) is 0 Å². The Kier molecular flexibility index (Phi) is 4.72. The van der Waals surface area contributed by atoms with Crippen LogP contribution in [0.3, 0.4) is 0 Å². The van der Waals surface area contributed by atoms with E-state index in [0.717, 1.165) is 30.9 Å². The summed E-state index contributed by atoms with van der Waals surface area (Å²) in [6.45, 7) is 5.15.